The third-order valence-electron chi connectivity index (χ3n) is 12.1. The van der Waals surface area contributed by atoms with Crippen molar-refractivity contribution in [1.29, 1.82) is 0 Å². The first-order valence-corrected chi connectivity index (χ1v) is 27.3. The predicted octanol–water partition coefficient (Wildman–Crippen LogP) is 7.62. The number of rotatable bonds is 6. The molecular formula is C47H44Cl2Hf. The zero-order chi connectivity index (χ0) is 32.6. The number of halogens is 2. The van der Waals surface area contributed by atoms with Crippen LogP contribution in [0, 0.1) is 11.8 Å². The summed E-state index contributed by atoms with van der Waals surface area (Å²) < 4.78 is 4.25. The van der Waals surface area contributed by atoms with E-state index in [1.807, 2.05) is 0 Å². The maximum atomic E-state index is 2.67. The number of allylic oxidation sites excluding steroid dienone is 2. The van der Waals surface area contributed by atoms with Crippen LogP contribution in [0.2, 0.25) is 8.35 Å². The normalized spacial score (nSPS) is 18.0. The Labute approximate surface area is 314 Å². The predicted molar refractivity (Wildman–Crippen MR) is 204 cm³/mol. The van der Waals surface area contributed by atoms with Crippen molar-refractivity contribution in [3.05, 3.63) is 155 Å². The Balaban J connectivity index is 0.00000196. The maximum Gasteiger partial charge on any atom is -1.00 e. The summed E-state index contributed by atoms with van der Waals surface area (Å²) in [6, 6.07) is 46.1. The van der Waals surface area contributed by atoms with Gasteiger partial charge in [-0.3, -0.25) is 0 Å². The van der Waals surface area contributed by atoms with Gasteiger partial charge in [0.2, 0.25) is 0 Å². The first-order valence-electron chi connectivity index (χ1n) is 18.1. The summed E-state index contributed by atoms with van der Waals surface area (Å²) in [6.07, 6.45) is 6.74. The first-order chi connectivity index (χ1) is 23.5. The van der Waals surface area contributed by atoms with Gasteiger partial charge in [0.15, 0.2) is 0 Å². The molecule has 0 spiro atoms. The molecule has 0 nitrogen and oxygen atoms in total. The Morgan fingerprint density at radius 3 is 1.24 bits per heavy atom. The van der Waals surface area contributed by atoms with E-state index < -0.39 is 20.0 Å². The minimum atomic E-state index is -3.17. The van der Waals surface area contributed by atoms with Crippen molar-refractivity contribution in [3.63, 3.8) is 0 Å². The number of benzene rings is 6. The van der Waals surface area contributed by atoms with Gasteiger partial charge in [0.05, 0.1) is 0 Å². The fourth-order valence-electron chi connectivity index (χ4n) is 9.85. The summed E-state index contributed by atoms with van der Waals surface area (Å²) in [5.74, 6) is 1.07. The van der Waals surface area contributed by atoms with E-state index in [0.717, 1.165) is 0 Å². The number of hydrogen-bond donors (Lipinski definition) is 0. The number of hydrogen-bond acceptors (Lipinski definition) is 0. The molecule has 0 aromatic heterocycles. The maximum absolute atomic E-state index is 3.17. The number of fused-ring (bicyclic) bond motifs is 4. The van der Waals surface area contributed by atoms with Gasteiger partial charge in [-0.25, -0.2) is 0 Å². The average Bonchev–Trinajstić information content (AvgIpc) is 3.68. The molecule has 0 bridgehead atoms. The quantitative estimate of drug-likeness (QED) is 0.152. The fraction of sp³-hybridized carbons (Fsp3) is 0.234. The van der Waals surface area contributed by atoms with Crippen LogP contribution in [-0.2, 0) is 20.0 Å². The molecule has 0 saturated carbocycles. The molecule has 3 heteroatoms. The minimum absolute atomic E-state index is 0. The van der Waals surface area contributed by atoms with E-state index in [9.17, 15) is 0 Å². The molecule has 0 amide bonds. The third-order valence-corrected chi connectivity index (χ3v) is 34.2. The zero-order valence-corrected chi connectivity index (χ0v) is 34.5. The molecule has 1 aliphatic heterocycles. The van der Waals surface area contributed by atoms with E-state index >= 15 is 0 Å². The largest absolute Gasteiger partial charge is 1.00 e. The SMILES string of the molecule is CC(C)C1=Cc2c(-c3cccc4ccccc34)cccc2[CH]1[Hf+2]1([CH]2C(C(C)C)=Cc3c(-c4cccc5ccccc45)cccc32)[CH2]C[CH2]1.[Cl-].[Cl-]. The molecule has 6 aromatic carbocycles. The second-order valence-corrected chi connectivity index (χ2v) is 31.8. The van der Waals surface area contributed by atoms with Crippen LogP contribution in [0.3, 0.4) is 0 Å². The molecule has 3 aliphatic rings. The Kier molecular flexibility index (Phi) is 9.66. The van der Waals surface area contributed by atoms with Crippen LogP contribution >= 0.6 is 0 Å². The second kappa shape index (κ2) is 13.7. The molecule has 2 aliphatic carbocycles. The topological polar surface area (TPSA) is 0 Å². The molecule has 250 valence electrons. The van der Waals surface area contributed by atoms with Crippen LogP contribution < -0.4 is 24.8 Å². The van der Waals surface area contributed by atoms with E-state index in [1.165, 1.54) is 69.7 Å². The van der Waals surface area contributed by atoms with Crippen molar-refractivity contribution in [2.75, 3.05) is 0 Å². The molecule has 1 saturated heterocycles. The molecule has 50 heavy (non-hydrogen) atoms. The average molecular weight is 858 g/mol. The molecule has 1 fully saturated rings. The molecule has 0 N–H and O–H groups in total. The Hall–Kier alpha value is -3.23. The molecule has 6 aromatic rings. The third kappa shape index (κ3) is 5.34. The van der Waals surface area contributed by atoms with E-state index in [2.05, 4.69) is 161 Å². The standard InChI is InChI=1S/2C22H19.C3H6.2ClH.Hf/c2*1-15(2)18-13-17-9-6-12-21(22(17)14-18)20-11-5-8-16-7-3-4-10-19(16)20;1-3-2;;;/h2*3-15H,1-2H3;1-3H2;2*1H;/q;;;;;+2/p-2. The molecule has 1 heterocycles. The van der Waals surface area contributed by atoms with E-state index in [0.29, 0.717) is 19.2 Å². The van der Waals surface area contributed by atoms with Gasteiger partial charge in [-0.05, 0) is 0 Å². The van der Waals surface area contributed by atoms with Crippen LogP contribution in [-0.4, -0.2) is 0 Å². The second-order valence-electron chi connectivity index (χ2n) is 15.2. The molecule has 9 rings (SSSR count). The van der Waals surface area contributed by atoms with Gasteiger partial charge in [0.1, 0.15) is 0 Å². The van der Waals surface area contributed by atoms with Crippen LogP contribution in [0.1, 0.15) is 63.7 Å². The Bertz CT molecular complexity index is 2140. The molecule has 0 radical (unpaired) electrons. The van der Waals surface area contributed by atoms with Gasteiger partial charge in [0, 0.05) is 0 Å². The van der Waals surface area contributed by atoms with Crippen molar-refractivity contribution < 1.29 is 44.8 Å². The minimum Gasteiger partial charge on any atom is -1.00 e. The van der Waals surface area contributed by atoms with E-state index in [1.54, 1.807) is 22.3 Å². The van der Waals surface area contributed by atoms with Crippen LogP contribution in [0.5, 0.6) is 0 Å². The Morgan fingerprint density at radius 2 is 0.840 bits per heavy atom. The summed E-state index contributed by atoms with van der Waals surface area (Å²) in [5.41, 5.74) is 15.3. The van der Waals surface area contributed by atoms with Crippen molar-refractivity contribution >= 4 is 33.7 Å². The summed E-state index contributed by atoms with van der Waals surface area (Å²) in [5, 5.41) is 5.36. The van der Waals surface area contributed by atoms with Gasteiger partial charge in [-0.1, -0.05) is 0 Å². The summed E-state index contributed by atoms with van der Waals surface area (Å²) in [6.45, 7) is 9.84. The summed E-state index contributed by atoms with van der Waals surface area (Å²) in [4.78, 5) is 0. The fourth-order valence-corrected chi connectivity index (χ4v) is 33.4. The van der Waals surface area contributed by atoms with Crippen LogP contribution in [0.4, 0.5) is 0 Å². The van der Waals surface area contributed by atoms with Crippen molar-refractivity contribution in [2.24, 2.45) is 11.8 Å². The van der Waals surface area contributed by atoms with Crippen LogP contribution in [0.25, 0.3) is 56.0 Å². The van der Waals surface area contributed by atoms with Gasteiger partial charge >= 0.3 is 292 Å². The molecule has 2 unspecified atom stereocenters. The van der Waals surface area contributed by atoms with Crippen molar-refractivity contribution in [3.8, 4) is 22.3 Å². The smallest absolute Gasteiger partial charge is 1.00 e. The van der Waals surface area contributed by atoms with Crippen LogP contribution in [0.15, 0.2) is 132 Å². The van der Waals surface area contributed by atoms with Gasteiger partial charge < -0.3 is 24.8 Å². The summed E-state index contributed by atoms with van der Waals surface area (Å²) in [7, 11) is 0. The molecule has 2 atom stereocenters. The first kappa shape index (κ1) is 35.2. The summed E-state index contributed by atoms with van der Waals surface area (Å²) >= 11 is -3.17. The monoisotopic (exact) mass is 858 g/mol. The van der Waals surface area contributed by atoms with E-state index in [-0.39, 0.29) is 24.8 Å². The van der Waals surface area contributed by atoms with Gasteiger partial charge in [-0.15, -0.1) is 0 Å². The van der Waals surface area contributed by atoms with Crippen molar-refractivity contribution in [1.82, 2.24) is 0 Å². The van der Waals surface area contributed by atoms with Crippen molar-refractivity contribution in [2.45, 2.75) is 49.8 Å². The molecular weight excluding hydrogens is 814 g/mol. The van der Waals surface area contributed by atoms with E-state index in [4.69, 9.17) is 0 Å². The van der Waals surface area contributed by atoms with Gasteiger partial charge in [-0.2, -0.15) is 0 Å². The Morgan fingerprint density at radius 1 is 0.460 bits per heavy atom. The zero-order valence-electron chi connectivity index (χ0n) is 29.4. The van der Waals surface area contributed by atoms with Gasteiger partial charge in [0.25, 0.3) is 0 Å².